The Labute approximate surface area is 94.2 Å². The monoisotopic (exact) mass is 228 g/mol. The molecule has 0 bridgehead atoms. The summed E-state index contributed by atoms with van der Waals surface area (Å²) in [6, 6.07) is 2.96. The second kappa shape index (κ2) is 6.30. The summed E-state index contributed by atoms with van der Waals surface area (Å²) in [6.45, 7) is 3.05. The van der Waals surface area contributed by atoms with Gasteiger partial charge >= 0.3 is 0 Å². The Morgan fingerprint density at radius 1 is 1.44 bits per heavy atom. The van der Waals surface area contributed by atoms with Gasteiger partial charge in [-0.15, -0.1) is 0 Å². The van der Waals surface area contributed by atoms with Gasteiger partial charge in [0.05, 0.1) is 31.2 Å². The van der Waals surface area contributed by atoms with E-state index in [0.717, 1.165) is 0 Å². The number of ether oxygens (including phenoxy) is 1. The molecule has 0 saturated heterocycles. The van der Waals surface area contributed by atoms with Crippen molar-refractivity contribution < 1.29 is 14.2 Å². The summed E-state index contributed by atoms with van der Waals surface area (Å²) >= 11 is 0. The van der Waals surface area contributed by atoms with Crippen LogP contribution in [0, 0.1) is 12.7 Å². The van der Waals surface area contributed by atoms with Crippen molar-refractivity contribution in [3.63, 3.8) is 0 Å². The summed E-state index contributed by atoms with van der Waals surface area (Å²) < 4.78 is 18.2. The van der Waals surface area contributed by atoms with Gasteiger partial charge in [-0.05, 0) is 24.6 Å². The third-order valence-electron chi connectivity index (χ3n) is 2.13. The number of rotatable bonds is 6. The molecular formula is C11H17FN2O2. The topological polar surface area (TPSA) is 67.5 Å². The summed E-state index contributed by atoms with van der Waals surface area (Å²) in [7, 11) is 0. The summed E-state index contributed by atoms with van der Waals surface area (Å²) in [5, 5.41) is 11.5. The van der Waals surface area contributed by atoms with Crippen molar-refractivity contribution in [2.24, 2.45) is 0 Å². The van der Waals surface area contributed by atoms with Crippen LogP contribution in [0.4, 0.5) is 15.8 Å². The van der Waals surface area contributed by atoms with Crippen LogP contribution in [-0.2, 0) is 4.74 Å². The molecular weight excluding hydrogens is 211 g/mol. The van der Waals surface area contributed by atoms with Crippen molar-refractivity contribution in [1.82, 2.24) is 0 Å². The Hall–Kier alpha value is -1.33. The maximum Gasteiger partial charge on any atom is 0.128 e. The Kier molecular flexibility index (Phi) is 5.01. The summed E-state index contributed by atoms with van der Waals surface area (Å²) in [6.07, 6.45) is 0. The van der Waals surface area contributed by atoms with Gasteiger partial charge in [0, 0.05) is 6.54 Å². The molecule has 1 aromatic carbocycles. The van der Waals surface area contributed by atoms with E-state index >= 15 is 0 Å². The zero-order chi connectivity index (χ0) is 12.0. The van der Waals surface area contributed by atoms with Crippen LogP contribution in [0.15, 0.2) is 12.1 Å². The van der Waals surface area contributed by atoms with Crippen molar-refractivity contribution in [2.75, 3.05) is 37.4 Å². The lowest BCUT2D eigenvalue weighted by Gasteiger charge is -2.10. The number of anilines is 2. The third-order valence-corrected chi connectivity index (χ3v) is 2.13. The number of halogens is 1. The second-order valence-electron chi connectivity index (χ2n) is 3.45. The molecule has 1 aromatic rings. The van der Waals surface area contributed by atoms with Gasteiger partial charge in [0.2, 0.25) is 0 Å². The molecule has 90 valence electrons. The van der Waals surface area contributed by atoms with Crippen LogP contribution in [0.1, 0.15) is 5.56 Å². The van der Waals surface area contributed by atoms with E-state index in [4.69, 9.17) is 15.6 Å². The fourth-order valence-corrected chi connectivity index (χ4v) is 1.27. The van der Waals surface area contributed by atoms with Crippen LogP contribution in [0.2, 0.25) is 0 Å². The molecule has 0 atom stereocenters. The highest BCUT2D eigenvalue weighted by Crippen LogP contribution is 2.22. The zero-order valence-corrected chi connectivity index (χ0v) is 9.29. The molecule has 0 saturated carbocycles. The van der Waals surface area contributed by atoms with Crippen LogP contribution in [0.5, 0.6) is 0 Å². The van der Waals surface area contributed by atoms with Crippen molar-refractivity contribution in [3.8, 4) is 0 Å². The largest absolute Gasteiger partial charge is 0.397 e. The molecule has 0 aliphatic rings. The first-order valence-corrected chi connectivity index (χ1v) is 5.13. The lowest BCUT2D eigenvalue weighted by atomic mass is 10.2. The number of nitrogens with one attached hydrogen (secondary N) is 1. The molecule has 16 heavy (non-hydrogen) atoms. The first-order chi connectivity index (χ1) is 7.65. The maximum atomic E-state index is 13.1. The van der Waals surface area contributed by atoms with Crippen LogP contribution < -0.4 is 11.1 Å². The first kappa shape index (κ1) is 12.7. The third kappa shape index (κ3) is 3.67. The maximum absolute atomic E-state index is 13.1. The quantitative estimate of drug-likeness (QED) is 0.504. The molecule has 1 rings (SSSR count). The van der Waals surface area contributed by atoms with E-state index in [-0.39, 0.29) is 12.4 Å². The molecule has 0 amide bonds. The van der Waals surface area contributed by atoms with Gasteiger partial charge in [0.15, 0.2) is 0 Å². The molecule has 0 spiro atoms. The molecule has 0 aliphatic carbocycles. The van der Waals surface area contributed by atoms with Gasteiger partial charge in [-0.2, -0.15) is 0 Å². The van der Waals surface area contributed by atoms with E-state index in [1.54, 1.807) is 13.0 Å². The number of benzene rings is 1. The smallest absolute Gasteiger partial charge is 0.128 e. The van der Waals surface area contributed by atoms with E-state index < -0.39 is 0 Å². The van der Waals surface area contributed by atoms with Gasteiger partial charge in [0.25, 0.3) is 0 Å². The number of nitrogens with two attached hydrogens (primary N) is 1. The van der Waals surface area contributed by atoms with E-state index in [9.17, 15) is 4.39 Å². The predicted molar refractivity (Wildman–Crippen MR) is 61.9 cm³/mol. The number of aliphatic hydroxyl groups excluding tert-OH is 1. The van der Waals surface area contributed by atoms with Gasteiger partial charge in [-0.3, -0.25) is 0 Å². The van der Waals surface area contributed by atoms with E-state index in [2.05, 4.69) is 5.32 Å². The fourth-order valence-electron chi connectivity index (χ4n) is 1.27. The van der Waals surface area contributed by atoms with Crippen LogP contribution >= 0.6 is 0 Å². The number of hydrogen-bond donors (Lipinski definition) is 3. The number of aryl methyl sites for hydroxylation is 1. The Bertz CT molecular complexity index is 345. The fraction of sp³-hybridized carbons (Fsp3) is 0.455. The lowest BCUT2D eigenvalue weighted by molar-refractivity contribution is 0.0992. The van der Waals surface area contributed by atoms with Gasteiger partial charge < -0.3 is 20.9 Å². The number of hydrogen-bond acceptors (Lipinski definition) is 4. The van der Waals surface area contributed by atoms with Crippen LogP contribution in [-0.4, -0.2) is 31.5 Å². The van der Waals surface area contributed by atoms with Gasteiger partial charge in [-0.1, -0.05) is 0 Å². The normalized spacial score (nSPS) is 10.4. The van der Waals surface area contributed by atoms with Crippen molar-refractivity contribution in [1.29, 1.82) is 0 Å². The van der Waals surface area contributed by atoms with Crippen molar-refractivity contribution in [3.05, 3.63) is 23.5 Å². The molecule has 4 nitrogen and oxygen atoms in total. The molecule has 0 radical (unpaired) electrons. The second-order valence-corrected chi connectivity index (χ2v) is 3.45. The first-order valence-electron chi connectivity index (χ1n) is 5.13. The van der Waals surface area contributed by atoms with Crippen molar-refractivity contribution >= 4 is 11.4 Å². The van der Waals surface area contributed by atoms with Crippen LogP contribution in [0.3, 0.4) is 0 Å². The highest BCUT2D eigenvalue weighted by Gasteiger charge is 2.03. The van der Waals surface area contributed by atoms with E-state index in [1.165, 1.54) is 6.07 Å². The molecule has 0 aromatic heterocycles. The number of nitrogen functional groups attached to an aromatic ring is 1. The Morgan fingerprint density at radius 3 is 2.88 bits per heavy atom. The standard InChI is InChI=1S/C11H17FN2O2/c1-8-6-11(10(13)7-9(8)12)14-2-4-16-5-3-15/h6-7,14-15H,2-5,13H2,1H3. The van der Waals surface area contributed by atoms with E-state index in [0.29, 0.717) is 36.7 Å². The highest BCUT2D eigenvalue weighted by molar-refractivity contribution is 5.67. The molecule has 0 aliphatic heterocycles. The predicted octanol–water partition coefficient (Wildman–Crippen LogP) is 1.14. The Balaban J connectivity index is 2.45. The summed E-state index contributed by atoms with van der Waals surface area (Å²) in [5.74, 6) is -0.306. The average molecular weight is 228 g/mol. The molecule has 5 heteroatoms. The lowest BCUT2D eigenvalue weighted by Crippen LogP contribution is -2.12. The average Bonchev–Trinajstić information content (AvgIpc) is 2.25. The molecule has 4 N–H and O–H groups in total. The molecule has 0 unspecified atom stereocenters. The highest BCUT2D eigenvalue weighted by atomic mass is 19.1. The van der Waals surface area contributed by atoms with Crippen LogP contribution in [0.25, 0.3) is 0 Å². The molecule has 0 fully saturated rings. The summed E-state index contributed by atoms with van der Waals surface area (Å²) in [4.78, 5) is 0. The van der Waals surface area contributed by atoms with Gasteiger partial charge in [-0.25, -0.2) is 4.39 Å². The summed E-state index contributed by atoms with van der Waals surface area (Å²) in [5.41, 5.74) is 7.28. The molecule has 0 heterocycles. The minimum absolute atomic E-state index is 0.0117. The van der Waals surface area contributed by atoms with Gasteiger partial charge in [0.1, 0.15) is 5.82 Å². The zero-order valence-electron chi connectivity index (χ0n) is 9.29. The van der Waals surface area contributed by atoms with E-state index in [1.807, 2.05) is 0 Å². The number of aliphatic hydroxyl groups is 1. The minimum atomic E-state index is -0.306. The van der Waals surface area contributed by atoms with Crippen molar-refractivity contribution in [2.45, 2.75) is 6.92 Å². The SMILES string of the molecule is Cc1cc(NCCOCCO)c(N)cc1F. The Morgan fingerprint density at radius 2 is 2.19 bits per heavy atom. The minimum Gasteiger partial charge on any atom is -0.397 e.